The van der Waals surface area contributed by atoms with Crippen molar-refractivity contribution in [3.63, 3.8) is 0 Å². The minimum absolute atomic E-state index is 0.232. The second-order valence-corrected chi connectivity index (χ2v) is 8.81. The highest BCUT2D eigenvalue weighted by atomic mass is 32.2. The van der Waals surface area contributed by atoms with E-state index in [0.717, 1.165) is 10.2 Å². The molecule has 1 aliphatic rings. The molecule has 1 aliphatic heterocycles. The fourth-order valence-electron chi connectivity index (χ4n) is 2.82. The number of aryl methyl sites for hydroxylation is 1. The van der Waals surface area contributed by atoms with Crippen molar-refractivity contribution in [1.82, 2.24) is 8.87 Å². The molecule has 6 nitrogen and oxygen atoms in total. The normalized spacial score (nSPS) is 21.0. The molecular weight excluding hydrogens is 334 g/mol. The first-order valence-electron chi connectivity index (χ1n) is 7.44. The molecular formula is C15H19N3O3S2. The van der Waals surface area contributed by atoms with E-state index in [-0.39, 0.29) is 18.4 Å². The number of nitrogens with zero attached hydrogens (tertiary/aromatic N) is 3. The highest BCUT2D eigenvalue weighted by Gasteiger charge is 2.30. The van der Waals surface area contributed by atoms with Gasteiger partial charge in [0.15, 0.2) is 4.80 Å². The Morgan fingerprint density at radius 2 is 2.09 bits per heavy atom. The van der Waals surface area contributed by atoms with Crippen molar-refractivity contribution in [2.45, 2.75) is 12.8 Å². The summed E-state index contributed by atoms with van der Waals surface area (Å²) < 4.78 is 27.7. The van der Waals surface area contributed by atoms with Gasteiger partial charge in [-0.05, 0) is 25.0 Å². The molecule has 0 spiro atoms. The molecule has 1 atom stereocenters. The minimum atomic E-state index is -3.26. The Morgan fingerprint density at radius 3 is 2.78 bits per heavy atom. The van der Waals surface area contributed by atoms with Crippen molar-refractivity contribution < 1.29 is 13.2 Å². The standard InChI is InChI=1S/C15H19N3O3S2/c1-17-12-7-3-4-8-13(12)22-15(17)16-14(19)11-6-5-9-18(10-11)23(2,20)21/h3-4,7-8,11H,5-6,9-10H2,1-2H3. The number of thiazole rings is 1. The molecule has 1 saturated heterocycles. The molecule has 23 heavy (non-hydrogen) atoms. The first-order valence-corrected chi connectivity index (χ1v) is 10.1. The van der Waals surface area contributed by atoms with Crippen molar-refractivity contribution in [2.24, 2.45) is 18.0 Å². The lowest BCUT2D eigenvalue weighted by Gasteiger charge is -2.28. The van der Waals surface area contributed by atoms with Crippen LogP contribution < -0.4 is 4.80 Å². The summed E-state index contributed by atoms with van der Waals surface area (Å²) in [6.07, 6.45) is 2.56. The zero-order chi connectivity index (χ0) is 16.6. The van der Waals surface area contributed by atoms with Gasteiger partial charge in [0.2, 0.25) is 10.0 Å². The number of sulfonamides is 1. The number of aromatic nitrogens is 1. The highest BCUT2D eigenvalue weighted by Crippen LogP contribution is 2.20. The van der Waals surface area contributed by atoms with E-state index in [2.05, 4.69) is 4.99 Å². The van der Waals surface area contributed by atoms with Crippen molar-refractivity contribution in [3.05, 3.63) is 29.1 Å². The van der Waals surface area contributed by atoms with Crippen LogP contribution in [0.4, 0.5) is 0 Å². The van der Waals surface area contributed by atoms with Gasteiger partial charge in [0.25, 0.3) is 5.91 Å². The lowest BCUT2D eigenvalue weighted by Crippen LogP contribution is -2.41. The molecule has 1 fully saturated rings. The van der Waals surface area contributed by atoms with Gasteiger partial charge in [-0.25, -0.2) is 12.7 Å². The van der Waals surface area contributed by atoms with Crippen LogP contribution in [0.5, 0.6) is 0 Å². The van der Waals surface area contributed by atoms with Crippen LogP contribution in [0.15, 0.2) is 29.3 Å². The number of rotatable bonds is 2. The fourth-order valence-corrected chi connectivity index (χ4v) is 4.75. The zero-order valence-electron chi connectivity index (χ0n) is 13.1. The lowest BCUT2D eigenvalue weighted by atomic mass is 9.99. The highest BCUT2D eigenvalue weighted by molar-refractivity contribution is 7.88. The molecule has 1 aromatic heterocycles. The number of carbonyl (C=O) groups excluding carboxylic acids is 1. The monoisotopic (exact) mass is 353 g/mol. The van der Waals surface area contributed by atoms with E-state index in [1.54, 1.807) is 0 Å². The average molecular weight is 353 g/mol. The van der Waals surface area contributed by atoms with Crippen LogP contribution in [-0.2, 0) is 21.9 Å². The number of benzene rings is 1. The second kappa shape index (κ2) is 6.18. The molecule has 2 heterocycles. The summed E-state index contributed by atoms with van der Waals surface area (Å²) >= 11 is 1.47. The second-order valence-electron chi connectivity index (χ2n) is 5.82. The Morgan fingerprint density at radius 1 is 1.35 bits per heavy atom. The largest absolute Gasteiger partial charge is 0.319 e. The topological polar surface area (TPSA) is 71.7 Å². The number of carbonyl (C=O) groups is 1. The first kappa shape index (κ1) is 16.4. The van der Waals surface area contributed by atoms with Crippen LogP contribution >= 0.6 is 11.3 Å². The molecule has 8 heteroatoms. The van der Waals surface area contributed by atoms with Gasteiger partial charge < -0.3 is 4.57 Å². The Bertz CT molecular complexity index is 911. The minimum Gasteiger partial charge on any atom is -0.319 e. The Kier molecular flexibility index (Phi) is 4.39. The third-order valence-corrected chi connectivity index (χ3v) is 6.51. The van der Waals surface area contributed by atoms with E-state index in [1.807, 2.05) is 35.9 Å². The van der Waals surface area contributed by atoms with Crippen LogP contribution in [0.25, 0.3) is 10.2 Å². The summed E-state index contributed by atoms with van der Waals surface area (Å²) in [4.78, 5) is 17.4. The molecule has 124 valence electrons. The number of para-hydroxylation sites is 1. The lowest BCUT2D eigenvalue weighted by molar-refractivity contribution is -0.122. The molecule has 0 saturated carbocycles. The summed E-state index contributed by atoms with van der Waals surface area (Å²) in [5, 5.41) is 0. The molecule has 1 unspecified atom stereocenters. The van der Waals surface area contributed by atoms with Crippen LogP contribution in [0, 0.1) is 5.92 Å². The summed E-state index contributed by atoms with van der Waals surface area (Å²) in [5.41, 5.74) is 1.03. The van der Waals surface area contributed by atoms with Gasteiger partial charge in [0, 0.05) is 20.1 Å². The first-order chi connectivity index (χ1) is 10.9. The van der Waals surface area contributed by atoms with Gasteiger partial charge in [-0.1, -0.05) is 23.5 Å². The van der Waals surface area contributed by atoms with E-state index in [4.69, 9.17) is 0 Å². The molecule has 1 aromatic carbocycles. The summed E-state index contributed by atoms with van der Waals surface area (Å²) in [6.45, 7) is 0.717. The van der Waals surface area contributed by atoms with E-state index >= 15 is 0 Å². The zero-order valence-corrected chi connectivity index (χ0v) is 14.7. The summed E-state index contributed by atoms with van der Waals surface area (Å²) in [6, 6.07) is 7.89. The van der Waals surface area contributed by atoms with Gasteiger partial charge in [-0.15, -0.1) is 0 Å². The van der Waals surface area contributed by atoms with Gasteiger partial charge in [0.1, 0.15) is 0 Å². The van der Waals surface area contributed by atoms with Crippen molar-refractivity contribution >= 4 is 37.5 Å². The molecule has 0 bridgehead atoms. The van der Waals surface area contributed by atoms with Gasteiger partial charge >= 0.3 is 0 Å². The van der Waals surface area contributed by atoms with E-state index in [1.165, 1.54) is 21.9 Å². The van der Waals surface area contributed by atoms with Gasteiger partial charge in [-0.2, -0.15) is 4.99 Å². The molecule has 1 amide bonds. The van der Waals surface area contributed by atoms with E-state index in [0.29, 0.717) is 24.2 Å². The quantitative estimate of drug-likeness (QED) is 0.818. The predicted molar refractivity (Wildman–Crippen MR) is 90.5 cm³/mol. The summed E-state index contributed by atoms with van der Waals surface area (Å²) in [7, 11) is -1.37. The van der Waals surface area contributed by atoms with E-state index < -0.39 is 10.0 Å². The van der Waals surface area contributed by atoms with Gasteiger partial charge in [-0.3, -0.25) is 4.79 Å². The molecule has 0 radical (unpaired) electrons. The SMILES string of the molecule is Cn1c(=NC(=O)C2CCCN(S(C)(=O)=O)C2)sc2ccccc21. The number of piperidine rings is 1. The van der Waals surface area contributed by atoms with Crippen LogP contribution in [0.2, 0.25) is 0 Å². The third-order valence-electron chi connectivity index (χ3n) is 4.12. The smallest absolute Gasteiger partial charge is 0.252 e. The Balaban J connectivity index is 1.89. The van der Waals surface area contributed by atoms with Crippen LogP contribution in [-0.4, -0.2) is 42.5 Å². The predicted octanol–water partition coefficient (Wildman–Crippen LogP) is 1.34. The maximum absolute atomic E-state index is 12.5. The number of hydrogen-bond donors (Lipinski definition) is 0. The molecule has 0 N–H and O–H groups in total. The van der Waals surface area contributed by atoms with E-state index in [9.17, 15) is 13.2 Å². The van der Waals surface area contributed by atoms with Crippen molar-refractivity contribution in [3.8, 4) is 0 Å². The maximum Gasteiger partial charge on any atom is 0.252 e. The number of hydrogen-bond acceptors (Lipinski definition) is 4. The Hall–Kier alpha value is -1.51. The van der Waals surface area contributed by atoms with Gasteiger partial charge in [0.05, 0.1) is 22.4 Å². The molecule has 3 rings (SSSR count). The molecule has 2 aromatic rings. The van der Waals surface area contributed by atoms with Crippen molar-refractivity contribution in [1.29, 1.82) is 0 Å². The fraction of sp³-hybridized carbons (Fsp3) is 0.467. The van der Waals surface area contributed by atoms with Crippen LogP contribution in [0.1, 0.15) is 12.8 Å². The van der Waals surface area contributed by atoms with Crippen LogP contribution in [0.3, 0.4) is 0 Å². The number of fused-ring (bicyclic) bond motifs is 1. The Labute approximate surface area is 139 Å². The average Bonchev–Trinajstić information content (AvgIpc) is 2.83. The summed E-state index contributed by atoms with van der Waals surface area (Å²) in [5.74, 6) is -0.593. The van der Waals surface area contributed by atoms with Crippen molar-refractivity contribution in [2.75, 3.05) is 19.3 Å². The maximum atomic E-state index is 12.5. The molecule has 0 aliphatic carbocycles. The number of amides is 1. The third kappa shape index (κ3) is 3.39.